The van der Waals surface area contributed by atoms with E-state index in [0.29, 0.717) is 27.2 Å². The van der Waals surface area contributed by atoms with Crippen molar-refractivity contribution in [3.8, 4) is 5.75 Å². The summed E-state index contributed by atoms with van der Waals surface area (Å²) >= 11 is 3.68. The number of methoxy groups -OCH3 is 1. The van der Waals surface area contributed by atoms with E-state index in [1.54, 1.807) is 23.6 Å². The summed E-state index contributed by atoms with van der Waals surface area (Å²) in [5.41, 5.74) is 1.10. The van der Waals surface area contributed by atoms with Gasteiger partial charge in [-0.1, -0.05) is 18.2 Å². The molecule has 0 aliphatic carbocycles. The molecule has 4 rings (SSSR count). The number of thioether (sulfide) groups is 1. The maximum atomic E-state index is 12.7. The number of benzene rings is 1. The molecule has 1 fully saturated rings. The molecule has 3 heterocycles. The average molecular weight is 472 g/mol. The Labute approximate surface area is 191 Å². The quantitative estimate of drug-likeness (QED) is 0.464. The van der Waals surface area contributed by atoms with E-state index in [4.69, 9.17) is 4.74 Å². The van der Waals surface area contributed by atoms with Crippen molar-refractivity contribution >= 4 is 68.4 Å². The van der Waals surface area contributed by atoms with Crippen molar-refractivity contribution < 1.29 is 19.1 Å². The monoisotopic (exact) mass is 471 g/mol. The number of imide groups is 1. The molecular formula is C21H17N3O4S3. The SMILES string of the molecule is COc1ccccc1N(C(C)=O)c1nc(CN2C(=O)S/C(=C\c3cccs3)C2=O)cs1. The van der Waals surface area contributed by atoms with Gasteiger partial charge in [0.05, 0.1) is 29.9 Å². The summed E-state index contributed by atoms with van der Waals surface area (Å²) in [6.45, 7) is 1.49. The molecule has 7 nitrogen and oxygen atoms in total. The molecule has 2 aromatic heterocycles. The second-order valence-corrected chi connectivity index (χ2v) is 9.24. The van der Waals surface area contributed by atoms with Crippen molar-refractivity contribution in [2.24, 2.45) is 0 Å². The number of aromatic nitrogens is 1. The number of hydrogen-bond acceptors (Lipinski definition) is 8. The average Bonchev–Trinajstić information content (AvgIpc) is 3.48. The number of rotatable bonds is 6. The number of nitrogens with zero attached hydrogens (tertiary/aromatic N) is 3. The molecule has 1 saturated heterocycles. The highest BCUT2D eigenvalue weighted by Crippen LogP contribution is 2.37. The fraction of sp³-hybridized carbons (Fsp3) is 0.143. The first-order valence-corrected chi connectivity index (χ1v) is 11.7. The Kier molecular flexibility index (Phi) is 6.21. The lowest BCUT2D eigenvalue weighted by atomic mass is 10.2. The molecule has 1 aliphatic rings. The fourth-order valence-electron chi connectivity index (χ4n) is 2.99. The van der Waals surface area contributed by atoms with Crippen LogP contribution in [0.5, 0.6) is 5.75 Å². The van der Waals surface area contributed by atoms with Crippen LogP contribution in [0.4, 0.5) is 15.6 Å². The minimum absolute atomic E-state index is 0.0423. The molecule has 31 heavy (non-hydrogen) atoms. The maximum absolute atomic E-state index is 12.7. The van der Waals surface area contributed by atoms with Crippen LogP contribution in [0, 0.1) is 0 Å². The van der Waals surface area contributed by atoms with Crippen LogP contribution in [0.15, 0.2) is 52.1 Å². The number of para-hydroxylation sites is 2. The van der Waals surface area contributed by atoms with Crippen molar-refractivity contribution in [1.82, 2.24) is 9.88 Å². The number of ether oxygens (including phenoxy) is 1. The van der Waals surface area contributed by atoms with Gasteiger partial charge in [-0.15, -0.1) is 22.7 Å². The predicted molar refractivity (Wildman–Crippen MR) is 124 cm³/mol. The number of hydrogen-bond donors (Lipinski definition) is 0. The number of amides is 3. The highest BCUT2D eigenvalue weighted by atomic mass is 32.2. The Morgan fingerprint density at radius 3 is 2.71 bits per heavy atom. The lowest BCUT2D eigenvalue weighted by Gasteiger charge is -2.20. The van der Waals surface area contributed by atoms with E-state index >= 15 is 0 Å². The molecule has 0 saturated carbocycles. The van der Waals surface area contributed by atoms with Gasteiger partial charge >= 0.3 is 0 Å². The summed E-state index contributed by atoms with van der Waals surface area (Å²) in [6, 6.07) is 10.9. The van der Waals surface area contributed by atoms with Crippen LogP contribution in [-0.4, -0.2) is 34.0 Å². The number of thiazole rings is 1. The van der Waals surface area contributed by atoms with Crippen molar-refractivity contribution in [1.29, 1.82) is 0 Å². The topological polar surface area (TPSA) is 79.8 Å². The first-order chi connectivity index (χ1) is 15.0. The largest absolute Gasteiger partial charge is 0.495 e. The van der Waals surface area contributed by atoms with E-state index < -0.39 is 0 Å². The van der Waals surface area contributed by atoms with Crippen LogP contribution in [0.2, 0.25) is 0 Å². The zero-order valence-corrected chi connectivity index (χ0v) is 19.1. The Balaban J connectivity index is 1.56. The molecule has 0 atom stereocenters. The summed E-state index contributed by atoms with van der Waals surface area (Å²) in [5.74, 6) is -0.0272. The first kappa shape index (κ1) is 21.3. The normalized spacial score (nSPS) is 15.0. The van der Waals surface area contributed by atoms with Gasteiger partial charge in [0.2, 0.25) is 5.91 Å². The molecule has 0 bridgehead atoms. The van der Waals surface area contributed by atoms with Crippen molar-refractivity contribution in [2.75, 3.05) is 12.0 Å². The third-order valence-electron chi connectivity index (χ3n) is 4.38. The van der Waals surface area contributed by atoms with E-state index in [-0.39, 0.29) is 23.6 Å². The van der Waals surface area contributed by atoms with Gasteiger partial charge in [0.25, 0.3) is 11.1 Å². The number of thiophene rings is 1. The molecule has 158 valence electrons. The van der Waals surface area contributed by atoms with Crippen LogP contribution in [-0.2, 0) is 16.1 Å². The van der Waals surface area contributed by atoms with E-state index in [1.165, 1.54) is 46.5 Å². The smallest absolute Gasteiger partial charge is 0.293 e. The van der Waals surface area contributed by atoms with Crippen LogP contribution in [0.1, 0.15) is 17.5 Å². The minimum Gasteiger partial charge on any atom is -0.495 e. The minimum atomic E-state index is -0.342. The number of anilines is 2. The van der Waals surface area contributed by atoms with Gasteiger partial charge in [-0.3, -0.25) is 24.2 Å². The molecule has 0 radical (unpaired) electrons. The molecule has 1 aromatic carbocycles. The Morgan fingerprint density at radius 1 is 1.19 bits per heavy atom. The standard InChI is InChI=1S/C21H17N3O4S3/c1-13(25)24(16-7-3-4-8-17(16)28-2)20-22-14(12-30-20)11-23-19(26)18(31-21(23)27)10-15-6-5-9-29-15/h3-10,12H,11H2,1-2H3/b18-10-. The molecule has 0 spiro atoms. The van der Waals surface area contributed by atoms with Gasteiger partial charge in [-0.25, -0.2) is 4.98 Å². The van der Waals surface area contributed by atoms with E-state index in [1.807, 2.05) is 29.6 Å². The van der Waals surface area contributed by atoms with E-state index in [9.17, 15) is 14.4 Å². The molecule has 10 heteroatoms. The van der Waals surface area contributed by atoms with Crippen molar-refractivity contribution in [3.05, 3.63) is 62.6 Å². The second kappa shape index (κ2) is 9.04. The molecule has 3 aromatic rings. The third kappa shape index (κ3) is 4.41. The summed E-state index contributed by atoms with van der Waals surface area (Å²) in [7, 11) is 1.54. The van der Waals surface area contributed by atoms with Gasteiger partial charge in [-0.05, 0) is 41.4 Å². The van der Waals surface area contributed by atoms with E-state index in [0.717, 1.165) is 16.6 Å². The highest BCUT2D eigenvalue weighted by Gasteiger charge is 2.35. The third-order valence-corrected chi connectivity index (χ3v) is 6.98. The zero-order chi connectivity index (χ0) is 22.0. The first-order valence-electron chi connectivity index (χ1n) is 9.15. The van der Waals surface area contributed by atoms with Crippen molar-refractivity contribution in [3.63, 3.8) is 0 Å². The summed E-state index contributed by atoms with van der Waals surface area (Å²) in [4.78, 5) is 45.9. The van der Waals surface area contributed by atoms with Gasteiger partial charge in [0.15, 0.2) is 5.13 Å². The molecule has 0 unspecified atom stereocenters. The molecular weight excluding hydrogens is 454 g/mol. The molecule has 0 N–H and O–H groups in total. The second-order valence-electron chi connectivity index (χ2n) is 6.43. The lowest BCUT2D eigenvalue weighted by molar-refractivity contribution is -0.123. The van der Waals surface area contributed by atoms with Gasteiger partial charge in [0, 0.05) is 17.2 Å². The zero-order valence-electron chi connectivity index (χ0n) is 16.6. The highest BCUT2D eigenvalue weighted by molar-refractivity contribution is 8.18. The number of carbonyl (C=O) groups excluding carboxylic acids is 3. The summed E-state index contributed by atoms with van der Waals surface area (Å²) in [5, 5.41) is 3.76. The van der Waals surface area contributed by atoms with E-state index in [2.05, 4.69) is 4.98 Å². The summed E-state index contributed by atoms with van der Waals surface area (Å²) in [6.07, 6.45) is 1.72. The van der Waals surface area contributed by atoms with Crippen LogP contribution in [0.25, 0.3) is 6.08 Å². The van der Waals surface area contributed by atoms with Crippen molar-refractivity contribution in [2.45, 2.75) is 13.5 Å². The lowest BCUT2D eigenvalue weighted by Crippen LogP contribution is -2.28. The summed E-state index contributed by atoms with van der Waals surface area (Å²) < 4.78 is 5.37. The fourth-order valence-corrected chi connectivity index (χ4v) is 5.43. The Bertz CT molecular complexity index is 1170. The predicted octanol–water partition coefficient (Wildman–Crippen LogP) is 5.13. The Morgan fingerprint density at radius 2 is 2.00 bits per heavy atom. The number of carbonyl (C=O) groups is 3. The van der Waals surface area contributed by atoms with Gasteiger partial charge in [-0.2, -0.15) is 0 Å². The maximum Gasteiger partial charge on any atom is 0.293 e. The Hall–Kier alpha value is -2.95. The molecule has 1 aliphatic heterocycles. The van der Waals surface area contributed by atoms with Crippen LogP contribution < -0.4 is 9.64 Å². The van der Waals surface area contributed by atoms with Crippen LogP contribution >= 0.6 is 34.4 Å². The van der Waals surface area contributed by atoms with Gasteiger partial charge in [0.1, 0.15) is 5.75 Å². The molecule has 3 amide bonds. The van der Waals surface area contributed by atoms with Crippen LogP contribution in [0.3, 0.4) is 0 Å². The van der Waals surface area contributed by atoms with Gasteiger partial charge < -0.3 is 4.74 Å².